The lowest BCUT2D eigenvalue weighted by Crippen LogP contribution is -2.45. The fourth-order valence-electron chi connectivity index (χ4n) is 2.87. The smallest absolute Gasteiger partial charge is 0.408 e. The van der Waals surface area contributed by atoms with E-state index in [1.807, 2.05) is 20.8 Å². The number of hydrogen-bond donors (Lipinski definition) is 3. The zero-order chi connectivity index (χ0) is 25.4. The number of benzene rings is 1. The van der Waals surface area contributed by atoms with Crippen molar-refractivity contribution in [1.82, 2.24) is 5.32 Å². The van der Waals surface area contributed by atoms with Gasteiger partial charge in [0.15, 0.2) is 11.5 Å². The molecule has 1 aromatic rings. The molecule has 0 aliphatic carbocycles. The summed E-state index contributed by atoms with van der Waals surface area (Å²) in [5.41, 5.74) is -0.880. The highest BCUT2D eigenvalue weighted by molar-refractivity contribution is 5.81. The largest absolute Gasteiger partial charge is 0.487 e. The number of carboxylic acid groups (broad SMARTS) is 2. The Morgan fingerprint density at radius 2 is 1.64 bits per heavy atom. The van der Waals surface area contributed by atoms with Crippen LogP contribution in [0.2, 0.25) is 0 Å². The first-order valence-electron chi connectivity index (χ1n) is 10.6. The molecule has 0 aliphatic heterocycles. The highest BCUT2D eigenvalue weighted by Crippen LogP contribution is 2.32. The summed E-state index contributed by atoms with van der Waals surface area (Å²) in [7, 11) is 0. The fraction of sp³-hybridized carbons (Fsp3) is 0.609. The molecule has 0 aliphatic rings. The van der Waals surface area contributed by atoms with Crippen molar-refractivity contribution in [3.05, 3.63) is 23.8 Å². The molecule has 2 atom stereocenters. The number of amides is 1. The summed E-state index contributed by atoms with van der Waals surface area (Å²) in [6, 6.07) is 3.29. The average Bonchev–Trinajstić information content (AvgIpc) is 2.63. The minimum Gasteiger partial charge on any atom is -0.487 e. The molecule has 0 saturated heterocycles. The van der Waals surface area contributed by atoms with E-state index in [-0.39, 0.29) is 19.4 Å². The van der Waals surface area contributed by atoms with Crippen LogP contribution in [0.25, 0.3) is 0 Å². The van der Waals surface area contributed by atoms with Gasteiger partial charge < -0.3 is 29.7 Å². The van der Waals surface area contributed by atoms with E-state index in [0.717, 1.165) is 0 Å². The van der Waals surface area contributed by atoms with Crippen molar-refractivity contribution < 1.29 is 43.2 Å². The Morgan fingerprint density at radius 1 is 1.00 bits per heavy atom. The second-order valence-corrected chi connectivity index (χ2v) is 9.55. The van der Waals surface area contributed by atoms with E-state index in [4.69, 9.17) is 14.2 Å². The molecule has 0 spiro atoms. The topological polar surface area (TPSA) is 131 Å². The summed E-state index contributed by atoms with van der Waals surface area (Å²) in [4.78, 5) is 35.5. The van der Waals surface area contributed by atoms with Crippen LogP contribution in [-0.2, 0) is 20.7 Å². The van der Waals surface area contributed by atoms with Gasteiger partial charge in [0.1, 0.15) is 30.5 Å². The number of rotatable bonds is 11. The van der Waals surface area contributed by atoms with E-state index >= 15 is 0 Å². The van der Waals surface area contributed by atoms with Crippen molar-refractivity contribution in [2.45, 2.75) is 71.6 Å². The standard InChI is InChI=1S/C23H34FNO8/c1-22(2,3)32-18-12-14(7-8-17(18)31-10-9-24)11-15(19(26)27)13-16(20(28)29)25-21(30)33-23(4,5)6/h7-8,12,15-16H,9-11,13H2,1-6H3,(H,25,30)(H,26,27)(H,28,29)/t15-,16-/m0/s1. The number of carbonyl (C=O) groups is 3. The Balaban J connectivity index is 3.07. The Bertz CT molecular complexity index is 829. The number of ether oxygens (including phenoxy) is 3. The number of carbonyl (C=O) groups excluding carboxylic acids is 1. The van der Waals surface area contributed by atoms with Gasteiger partial charge in [0, 0.05) is 0 Å². The van der Waals surface area contributed by atoms with Gasteiger partial charge in [0.25, 0.3) is 0 Å². The zero-order valence-corrected chi connectivity index (χ0v) is 19.9. The Morgan fingerprint density at radius 3 is 2.12 bits per heavy atom. The maximum atomic E-state index is 12.5. The number of carboxylic acids is 2. The van der Waals surface area contributed by atoms with E-state index in [0.29, 0.717) is 17.1 Å². The van der Waals surface area contributed by atoms with Crippen LogP contribution in [-0.4, -0.2) is 58.8 Å². The summed E-state index contributed by atoms with van der Waals surface area (Å²) < 4.78 is 28.8. The van der Waals surface area contributed by atoms with Crippen LogP contribution in [0.15, 0.2) is 18.2 Å². The molecule has 0 radical (unpaired) electrons. The van der Waals surface area contributed by atoms with E-state index in [2.05, 4.69) is 5.32 Å². The van der Waals surface area contributed by atoms with Crippen LogP contribution in [0.3, 0.4) is 0 Å². The Labute approximate surface area is 193 Å². The molecule has 1 rings (SSSR count). The molecule has 0 aromatic heterocycles. The maximum absolute atomic E-state index is 12.5. The van der Waals surface area contributed by atoms with Gasteiger partial charge in [-0.2, -0.15) is 0 Å². The van der Waals surface area contributed by atoms with Crippen LogP contribution in [0.4, 0.5) is 9.18 Å². The van der Waals surface area contributed by atoms with Crippen molar-refractivity contribution >= 4 is 18.0 Å². The molecule has 0 bridgehead atoms. The second-order valence-electron chi connectivity index (χ2n) is 9.55. The molecule has 0 fully saturated rings. The molecule has 0 saturated carbocycles. The lowest BCUT2D eigenvalue weighted by molar-refractivity contribution is -0.144. The normalized spacial score (nSPS) is 13.5. The number of aliphatic carboxylic acids is 2. The number of hydrogen-bond acceptors (Lipinski definition) is 6. The van der Waals surface area contributed by atoms with Gasteiger partial charge in [-0.05, 0) is 72.1 Å². The first kappa shape index (κ1) is 28.0. The average molecular weight is 472 g/mol. The number of halogens is 1. The maximum Gasteiger partial charge on any atom is 0.408 e. The van der Waals surface area contributed by atoms with Crippen molar-refractivity contribution in [3.63, 3.8) is 0 Å². The predicted molar refractivity (Wildman–Crippen MR) is 119 cm³/mol. The molecular weight excluding hydrogens is 437 g/mol. The van der Waals surface area contributed by atoms with Crippen molar-refractivity contribution in [2.75, 3.05) is 13.3 Å². The molecule has 3 N–H and O–H groups in total. The summed E-state index contributed by atoms with van der Waals surface area (Å²) in [5, 5.41) is 21.4. The van der Waals surface area contributed by atoms with Crippen LogP contribution < -0.4 is 14.8 Å². The van der Waals surface area contributed by atoms with E-state index < -0.39 is 47.9 Å². The number of alkyl halides is 1. The highest BCUT2D eigenvalue weighted by Gasteiger charge is 2.30. The van der Waals surface area contributed by atoms with Crippen LogP contribution in [0, 0.1) is 5.92 Å². The lowest BCUT2D eigenvalue weighted by Gasteiger charge is -2.25. The van der Waals surface area contributed by atoms with Gasteiger partial charge in [0.05, 0.1) is 5.92 Å². The summed E-state index contributed by atoms with van der Waals surface area (Å²) >= 11 is 0. The number of nitrogens with one attached hydrogen (secondary N) is 1. The molecule has 0 unspecified atom stereocenters. The van der Waals surface area contributed by atoms with Crippen LogP contribution >= 0.6 is 0 Å². The molecule has 1 amide bonds. The lowest BCUT2D eigenvalue weighted by atomic mass is 9.92. The monoisotopic (exact) mass is 471 g/mol. The fourth-order valence-corrected chi connectivity index (χ4v) is 2.87. The van der Waals surface area contributed by atoms with Gasteiger partial charge in [-0.3, -0.25) is 4.79 Å². The zero-order valence-electron chi connectivity index (χ0n) is 19.9. The van der Waals surface area contributed by atoms with Gasteiger partial charge in [-0.15, -0.1) is 0 Å². The Hall–Kier alpha value is -3.04. The van der Waals surface area contributed by atoms with Crippen molar-refractivity contribution in [2.24, 2.45) is 5.92 Å². The van der Waals surface area contributed by atoms with Gasteiger partial charge in [0.2, 0.25) is 0 Å². The van der Waals surface area contributed by atoms with Gasteiger partial charge in [-0.25, -0.2) is 14.0 Å². The third kappa shape index (κ3) is 10.9. The predicted octanol–water partition coefficient (Wildman–Crippen LogP) is 3.82. The minimum atomic E-state index is -1.46. The third-order valence-corrected chi connectivity index (χ3v) is 4.10. The molecule has 186 valence electrons. The van der Waals surface area contributed by atoms with Gasteiger partial charge >= 0.3 is 18.0 Å². The Kier molecular flexibility index (Phi) is 9.94. The molecule has 33 heavy (non-hydrogen) atoms. The molecule has 10 heteroatoms. The highest BCUT2D eigenvalue weighted by atomic mass is 19.1. The summed E-state index contributed by atoms with van der Waals surface area (Å²) in [5.74, 6) is -3.09. The van der Waals surface area contributed by atoms with Crippen LogP contribution in [0.5, 0.6) is 11.5 Å². The van der Waals surface area contributed by atoms with Crippen LogP contribution in [0.1, 0.15) is 53.5 Å². The number of alkyl carbamates (subject to hydrolysis) is 1. The summed E-state index contributed by atoms with van der Waals surface area (Å²) in [6.45, 7) is 9.49. The third-order valence-electron chi connectivity index (χ3n) is 4.10. The van der Waals surface area contributed by atoms with E-state index in [1.54, 1.807) is 39.0 Å². The SMILES string of the molecule is CC(C)(C)OC(=O)N[C@@H](C[C@H](Cc1ccc(OCCF)c(OC(C)(C)C)c1)C(=O)O)C(=O)O. The first-order chi connectivity index (χ1) is 15.1. The van der Waals surface area contributed by atoms with Crippen molar-refractivity contribution in [1.29, 1.82) is 0 Å². The van der Waals surface area contributed by atoms with Gasteiger partial charge in [-0.1, -0.05) is 6.07 Å². The molecule has 1 aromatic carbocycles. The van der Waals surface area contributed by atoms with E-state index in [1.165, 1.54) is 0 Å². The molecule has 0 heterocycles. The quantitative estimate of drug-likeness (QED) is 0.444. The minimum absolute atomic E-state index is 0.0288. The first-order valence-corrected chi connectivity index (χ1v) is 10.6. The summed E-state index contributed by atoms with van der Waals surface area (Å²) in [6.07, 6.45) is -1.34. The molecule has 9 nitrogen and oxygen atoms in total. The van der Waals surface area contributed by atoms with E-state index in [9.17, 15) is 29.0 Å². The second kappa shape index (κ2) is 11.7. The van der Waals surface area contributed by atoms with Crippen molar-refractivity contribution in [3.8, 4) is 11.5 Å². The molecular formula is C23H34FNO8.